The van der Waals surface area contributed by atoms with Crippen LogP contribution in [0.5, 0.6) is 11.5 Å². The lowest BCUT2D eigenvalue weighted by Crippen LogP contribution is -2.11. The van der Waals surface area contributed by atoms with E-state index in [0.29, 0.717) is 23.9 Å². The van der Waals surface area contributed by atoms with E-state index in [0.717, 1.165) is 48.6 Å². The molecule has 1 N–H and O–H groups in total. The molecule has 0 amide bonds. The summed E-state index contributed by atoms with van der Waals surface area (Å²) < 4.78 is 13.7. The molecule has 0 atom stereocenters. The zero-order valence-corrected chi connectivity index (χ0v) is 23.3. The van der Waals surface area contributed by atoms with Gasteiger partial charge in [0.1, 0.15) is 17.3 Å². The summed E-state index contributed by atoms with van der Waals surface area (Å²) in [6.07, 6.45) is 6.82. The van der Waals surface area contributed by atoms with Crippen molar-refractivity contribution in [1.29, 1.82) is 0 Å². The first-order chi connectivity index (χ1) is 16.5. The van der Waals surface area contributed by atoms with Gasteiger partial charge in [0.15, 0.2) is 11.5 Å². The van der Waals surface area contributed by atoms with E-state index in [1.54, 1.807) is 18.4 Å². The molecule has 0 radical (unpaired) electrons. The van der Waals surface area contributed by atoms with Crippen LogP contribution in [0.1, 0.15) is 41.7 Å². The normalized spacial score (nSPS) is 13.9. The van der Waals surface area contributed by atoms with E-state index in [1.807, 2.05) is 36.4 Å². The zero-order valence-electron chi connectivity index (χ0n) is 18.7. The molecule has 0 aliphatic heterocycles. The lowest BCUT2D eigenvalue weighted by atomic mass is 9.98. The van der Waals surface area contributed by atoms with E-state index in [1.165, 1.54) is 29.7 Å². The molecule has 0 saturated heterocycles. The van der Waals surface area contributed by atoms with Crippen molar-refractivity contribution in [3.63, 3.8) is 0 Å². The highest BCUT2D eigenvalue weighted by Gasteiger charge is 2.20. The van der Waals surface area contributed by atoms with E-state index in [-0.39, 0.29) is 5.56 Å². The van der Waals surface area contributed by atoms with Crippen molar-refractivity contribution in [1.82, 2.24) is 9.97 Å². The molecule has 0 spiro atoms. The molecule has 0 saturated carbocycles. The number of thiophene rings is 1. The molecule has 5 nitrogen and oxygen atoms in total. The van der Waals surface area contributed by atoms with Crippen LogP contribution in [0.25, 0.3) is 21.6 Å². The molecule has 0 fully saturated rings. The Kier molecular flexibility index (Phi) is 7.27. The summed E-state index contributed by atoms with van der Waals surface area (Å²) in [6, 6.07) is 11.9. The smallest absolute Gasteiger partial charge is 0.260 e. The fourth-order valence-corrected chi connectivity index (χ4v) is 6.67. The number of hydrogen-bond acceptors (Lipinski definition) is 5. The number of H-pyrrole nitrogens is 1. The Bertz CT molecular complexity index is 1400. The van der Waals surface area contributed by atoms with Gasteiger partial charge in [-0.15, -0.1) is 11.3 Å². The first kappa shape index (κ1) is 23.8. The van der Waals surface area contributed by atoms with E-state index in [2.05, 4.69) is 43.5 Å². The largest absolute Gasteiger partial charge is 0.493 e. The lowest BCUT2D eigenvalue weighted by molar-refractivity contribution is 0.282. The van der Waals surface area contributed by atoms with Crippen LogP contribution in [0.4, 0.5) is 0 Å². The third kappa shape index (κ3) is 4.90. The fourth-order valence-electron chi connectivity index (χ4n) is 4.39. The first-order valence-corrected chi connectivity index (χ1v) is 14.0. The maximum absolute atomic E-state index is 13.1. The Labute approximate surface area is 224 Å². The number of benzene rings is 2. The van der Waals surface area contributed by atoms with Crippen LogP contribution in [-0.4, -0.2) is 17.1 Å². The molecule has 0 unspecified atom stereocenters. The van der Waals surface area contributed by atoms with Crippen molar-refractivity contribution in [2.24, 2.45) is 0 Å². The predicted molar refractivity (Wildman–Crippen MR) is 149 cm³/mol. The molecule has 1 aliphatic carbocycles. The van der Waals surface area contributed by atoms with Gasteiger partial charge in [-0.05, 0) is 83.7 Å². The maximum Gasteiger partial charge on any atom is 0.260 e. The minimum atomic E-state index is -0.0531. The fraction of sp³-hybridized carbons (Fsp3) is 0.308. The third-order valence-electron chi connectivity index (χ3n) is 6.12. The van der Waals surface area contributed by atoms with Gasteiger partial charge >= 0.3 is 0 Å². The molecule has 2 aromatic carbocycles. The van der Waals surface area contributed by atoms with Crippen molar-refractivity contribution in [3.05, 3.63) is 70.8 Å². The van der Waals surface area contributed by atoms with E-state index in [9.17, 15) is 4.79 Å². The summed E-state index contributed by atoms with van der Waals surface area (Å²) in [7, 11) is 1.63. The van der Waals surface area contributed by atoms with Gasteiger partial charge in [-0.2, -0.15) is 0 Å². The molecule has 34 heavy (non-hydrogen) atoms. The molecule has 2 heterocycles. The quantitative estimate of drug-likeness (QED) is 0.231. The second-order valence-corrected chi connectivity index (χ2v) is 11.6. The van der Waals surface area contributed by atoms with Gasteiger partial charge in [-0.3, -0.25) is 4.79 Å². The van der Waals surface area contributed by atoms with Crippen LogP contribution in [0.3, 0.4) is 0 Å². The Hall–Kier alpha value is -1.91. The SMILES string of the molecule is COc1cc(-c2nc3sc4c(c3c(=O)[nH]2)CCCCCC4)cc(I)c1OCc1ccc(Br)cc1. The topological polar surface area (TPSA) is 64.2 Å². The summed E-state index contributed by atoms with van der Waals surface area (Å²) in [5, 5.41) is 0.779. The Balaban J connectivity index is 1.49. The van der Waals surface area contributed by atoms with Crippen LogP contribution >= 0.6 is 49.9 Å². The molecule has 8 heteroatoms. The number of methoxy groups -OCH3 is 1. The maximum atomic E-state index is 13.1. The number of ether oxygens (including phenoxy) is 2. The predicted octanol–water partition coefficient (Wildman–Crippen LogP) is 7.27. The molecule has 176 valence electrons. The molecule has 4 aromatic rings. The van der Waals surface area contributed by atoms with Gasteiger partial charge in [0.05, 0.1) is 16.1 Å². The number of nitrogens with one attached hydrogen (secondary N) is 1. The summed E-state index contributed by atoms with van der Waals surface area (Å²) in [5.74, 6) is 1.85. The number of fused-ring (bicyclic) bond motifs is 3. The molecule has 0 bridgehead atoms. The molecule has 1 aliphatic rings. The van der Waals surface area contributed by atoms with E-state index < -0.39 is 0 Å². The number of aryl methyl sites for hydroxylation is 2. The molecule has 2 aromatic heterocycles. The zero-order chi connectivity index (χ0) is 23.7. The lowest BCUT2D eigenvalue weighted by Gasteiger charge is -2.14. The molecular formula is C26H24BrIN2O3S. The summed E-state index contributed by atoms with van der Waals surface area (Å²) in [4.78, 5) is 23.2. The highest BCUT2D eigenvalue weighted by molar-refractivity contribution is 14.1. The van der Waals surface area contributed by atoms with Crippen LogP contribution in [0.15, 0.2) is 45.7 Å². The van der Waals surface area contributed by atoms with Crippen LogP contribution < -0.4 is 15.0 Å². The summed E-state index contributed by atoms with van der Waals surface area (Å²) in [6.45, 7) is 0.431. The van der Waals surface area contributed by atoms with Gasteiger partial charge in [0, 0.05) is 14.9 Å². The summed E-state index contributed by atoms with van der Waals surface area (Å²) >= 11 is 7.38. The van der Waals surface area contributed by atoms with Crippen LogP contribution in [-0.2, 0) is 19.4 Å². The number of aromatic nitrogens is 2. The highest BCUT2D eigenvalue weighted by Crippen LogP contribution is 2.38. The van der Waals surface area contributed by atoms with Crippen molar-refractivity contribution >= 4 is 60.1 Å². The summed E-state index contributed by atoms with van der Waals surface area (Å²) in [5.41, 5.74) is 3.03. The van der Waals surface area contributed by atoms with Gasteiger partial charge in [0.2, 0.25) is 0 Å². The number of rotatable bonds is 5. The van der Waals surface area contributed by atoms with Crippen molar-refractivity contribution < 1.29 is 9.47 Å². The number of aromatic amines is 1. The average Bonchev–Trinajstić information content (AvgIpc) is 3.15. The second-order valence-electron chi connectivity index (χ2n) is 8.42. The minimum absolute atomic E-state index is 0.0531. The first-order valence-electron chi connectivity index (χ1n) is 11.3. The Morgan fingerprint density at radius 3 is 2.65 bits per heavy atom. The van der Waals surface area contributed by atoms with Gasteiger partial charge in [0.25, 0.3) is 5.56 Å². The van der Waals surface area contributed by atoms with Crippen LogP contribution in [0, 0.1) is 3.57 Å². The van der Waals surface area contributed by atoms with Gasteiger partial charge in [-0.25, -0.2) is 4.98 Å². The van der Waals surface area contributed by atoms with Crippen molar-refractivity contribution in [2.75, 3.05) is 7.11 Å². The van der Waals surface area contributed by atoms with Crippen molar-refractivity contribution in [2.45, 2.75) is 45.1 Å². The average molecular weight is 651 g/mol. The molecular weight excluding hydrogens is 627 g/mol. The van der Waals surface area contributed by atoms with Gasteiger partial charge in [-0.1, -0.05) is 40.9 Å². The van der Waals surface area contributed by atoms with Crippen molar-refractivity contribution in [3.8, 4) is 22.9 Å². The number of hydrogen-bond donors (Lipinski definition) is 1. The minimum Gasteiger partial charge on any atom is -0.493 e. The Morgan fingerprint density at radius 2 is 1.88 bits per heavy atom. The Morgan fingerprint density at radius 1 is 1.12 bits per heavy atom. The van der Waals surface area contributed by atoms with E-state index >= 15 is 0 Å². The number of nitrogens with zero attached hydrogens (tertiary/aromatic N) is 1. The monoisotopic (exact) mass is 650 g/mol. The third-order valence-corrected chi connectivity index (χ3v) is 8.64. The second kappa shape index (κ2) is 10.4. The van der Waals surface area contributed by atoms with E-state index in [4.69, 9.17) is 14.5 Å². The standard InChI is InChI=1S/C26H24BrIN2O3S/c1-32-20-13-16(12-19(28)23(20)33-14-15-8-10-17(27)11-9-15)24-29-25(31)22-18-6-4-2-3-5-7-21(18)34-26(22)30-24/h8-13H,2-7,14H2,1H3,(H,29,30,31). The highest BCUT2D eigenvalue weighted by atomic mass is 127. The van der Waals surface area contributed by atoms with Gasteiger partial charge < -0.3 is 14.5 Å². The molecule has 5 rings (SSSR count). The van der Waals surface area contributed by atoms with Crippen LogP contribution in [0.2, 0.25) is 0 Å². The number of halogens is 2.